The third-order valence-electron chi connectivity index (χ3n) is 1.18. The molecule has 1 rings (SSSR count). The van der Waals surface area contributed by atoms with Crippen LogP contribution >= 0.6 is 12.2 Å². The predicted octanol–water partition coefficient (Wildman–Crippen LogP) is 2.15. The fourth-order valence-corrected chi connectivity index (χ4v) is 0.962. The molecule has 1 aromatic heterocycles. The molecule has 0 atom stereocenters. The van der Waals surface area contributed by atoms with E-state index < -0.39 is 0 Å². The molecule has 0 amide bonds. The van der Waals surface area contributed by atoms with E-state index >= 15 is 0 Å². The van der Waals surface area contributed by atoms with Crippen molar-refractivity contribution in [3.63, 3.8) is 0 Å². The molecule has 1 heterocycles. The lowest BCUT2D eigenvalue weighted by Crippen LogP contribution is -1.87. The Morgan fingerprint density at radius 2 is 2.33 bits per heavy atom. The van der Waals surface area contributed by atoms with Gasteiger partial charge in [-0.25, -0.2) is 9.67 Å². The van der Waals surface area contributed by atoms with E-state index in [0.29, 0.717) is 10.7 Å². The number of hydrogen-bond acceptors (Lipinski definition) is 3. The van der Waals surface area contributed by atoms with Gasteiger partial charge in [-0.05, 0) is 26.1 Å². The summed E-state index contributed by atoms with van der Waals surface area (Å²) in [7, 11) is 0. The Morgan fingerprint density at radius 1 is 1.58 bits per heavy atom. The van der Waals surface area contributed by atoms with Crippen LogP contribution in [0.25, 0.3) is 6.20 Å². The molecule has 5 heteroatoms. The molecule has 64 valence electrons. The zero-order valence-electron chi connectivity index (χ0n) is 6.98. The highest BCUT2D eigenvalue weighted by Crippen LogP contribution is 2.06. The van der Waals surface area contributed by atoms with E-state index in [2.05, 4.69) is 15.1 Å². The molecule has 0 bridgehead atoms. The molecule has 0 aliphatic carbocycles. The van der Waals surface area contributed by atoms with Crippen molar-refractivity contribution in [2.24, 2.45) is 4.99 Å². The summed E-state index contributed by atoms with van der Waals surface area (Å²) in [5, 5.41) is 2.85. The molecule has 0 spiro atoms. The molecule has 0 radical (unpaired) electrons. The highest BCUT2D eigenvalue weighted by molar-refractivity contribution is 7.71. The molecule has 12 heavy (non-hydrogen) atoms. The van der Waals surface area contributed by atoms with Crippen molar-refractivity contribution in [3.05, 3.63) is 10.8 Å². The molecule has 0 saturated carbocycles. The number of H-pyrrole nitrogens is 1. The number of aromatic amines is 1. The van der Waals surface area contributed by atoms with Gasteiger partial charge in [0, 0.05) is 12.4 Å². The second kappa shape index (κ2) is 3.96. The fraction of sp³-hybridized carbons (Fsp3) is 0.286. The van der Waals surface area contributed by atoms with Crippen molar-refractivity contribution in [2.75, 3.05) is 0 Å². The van der Waals surface area contributed by atoms with Crippen LogP contribution in [0.4, 0.5) is 5.95 Å². The van der Waals surface area contributed by atoms with Crippen LogP contribution in [0.15, 0.2) is 11.1 Å². The molecule has 0 saturated heterocycles. The second-order valence-corrected chi connectivity index (χ2v) is 2.46. The van der Waals surface area contributed by atoms with Gasteiger partial charge < -0.3 is 0 Å². The molecule has 0 aliphatic heterocycles. The van der Waals surface area contributed by atoms with Crippen LogP contribution in [0, 0.1) is 4.77 Å². The quantitative estimate of drug-likeness (QED) is 0.562. The molecule has 0 aromatic carbocycles. The summed E-state index contributed by atoms with van der Waals surface area (Å²) < 4.78 is 2.11. The minimum atomic E-state index is 0.439. The van der Waals surface area contributed by atoms with E-state index in [-0.39, 0.29) is 0 Å². The van der Waals surface area contributed by atoms with Crippen LogP contribution in [0.3, 0.4) is 0 Å². The first kappa shape index (κ1) is 8.86. The van der Waals surface area contributed by atoms with E-state index in [0.717, 1.165) is 0 Å². The summed E-state index contributed by atoms with van der Waals surface area (Å²) in [5.41, 5.74) is 0. The first-order chi connectivity index (χ1) is 5.77. The van der Waals surface area contributed by atoms with Gasteiger partial charge in [-0.15, -0.1) is 0 Å². The van der Waals surface area contributed by atoms with Gasteiger partial charge >= 0.3 is 0 Å². The maximum Gasteiger partial charge on any atom is 0.251 e. The summed E-state index contributed by atoms with van der Waals surface area (Å²) in [5.74, 6) is 0.570. The summed E-state index contributed by atoms with van der Waals surface area (Å²) in [4.78, 5) is 8.02. The maximum atomic E-state index is 4.85. The van der Waals surface area contributed by atoms with Crippen molar-refractivity contribution in [3.8, 4) is 0 Å². The van der Waals surface area contributed by atoms with Crippen molar-refractivity contribution in [1.29, 1.82) is 0 Å². The highest BCUT2D eigenvalue weighted by atomic mass is 32.1. The molecule has 4 nitrogen and oxygen atoms in total. The topological polar surface area (TPSA) is 46.0 Å². The Bertz CT molecular complexity index is 325. The van der Waals surface area contributed by atoms with Crippen LogP contribution in [-0.4, -0.2) is 21.0 Å². The highest BCUT2D eigenvalue weighted by Gasteiger charge is 1.96. The molecule has 0 fully saturated rings. The Kier molecular flexibility index (Phi) is 2.93. The smallest absolute Gasteiger partial charge is 0.251 e. The van der Waals surface area contributed by atoms with E-state index in [1.165, 1.54) is 0 Å². The fourth-order valence-electron chi connectivity index (χ4n) is 0.782. The summed E-state index contributed by atoms with van der Waals surface area (Å²) in [6, 6.07) is 0. The molecule has 0 aliphatic rings. The third-order valence-corrected chi connectivity index (χ3v) is 1.36. The number of hydrogen-bond donors (Lipinski definition) is 1. The average molecular weight is 182 g/mol. The standard InChI is InChI=1S/C7H10N4S/c1-3-5-11-6(8-4-2)9-7(12)10-11/h3-5H,1-2H3,(H,10,12)/b5-3-,8-4-. The Labute approximate surface area is 75.6 Å². The average Bonchev–Trinajstić information content (AvgIpc) is 2.33. The first-order valence-corrected chi connectivity index (χ1v) is 3.98. The van der Waals surface area contributed by atoms with Gasteiger partial charge in [-0.3, -0.25) is 5.10 Å². The summed E-state index contributed by atoms with van der Waals surface area (Å²) >= 11 is 4.85. The lowest BCUT2D eigenvalue weighted by Gasteiger charge is -1.92. The number of allylic oxidation sites excluding steroid dienone is 1. The second-order valence-electron chi connectivity index (χ2n) is 2.07. The zero-order chi connectivity index (χ0) is 8.97. The van der Waals surface area contributed by atoms with Gasteiger partial charge in [0.15, 0.2) is 0 Å². The van der Waals surface area contributed by atoms with Gasteiger partial charge in [0.25, 0.3) is 5.95 Å². The zero-order valence-corrected chi connectivity index (χ0v) is 7.80. The number of nitrogens with zero attached hydrogens (tertiary/aromatic N) is 3. The van der Waals surface area contributed by atoms with Crippen molar-refractivity contribution >= 4 is 30.6 Å². The van der Waals surface area contributed by atoms with E-state index in [1.54, 1.807) is 10.9 Å². The van der Waals surface area contributed by atoms with Crippen molar-refractivity contribution in [2.45, 2.75) is 13.8 Å². The van der Waals surface area contributed by atoms with Gasteiger partial charge in [0.05, 0.1) is 0 Å². The van der Waals surface area contributed by atoms with Gasteiger partial charge in [-0.2, -0.15) is 4.98 Å². The van der Waals surface area contributed by atoms with E-state index in [1.807, 2.05) is 26.1 Å². The molecule has 1 N–H and O–H groups in total. The molecule has 0 unspecified atom stereocenters. The minimum Gasteiger partial charge on any atom is -0.265 e. The number of nitrogens with one attached hydrogen (secondary N) is 1. The van der Waals surface area contributed by atoms with Gasteiger partial charge in [-0.1, -0.05) is 6.08 Å². The normalized spacial score (nSPS) is 11.8. The largest absolute Gasteiger partial charge is 0.265 e. The number of aliphatic imine (C=N–C) groups is 1. The van der Waals surface area contributed by atoms with Gasteiger partial charge in [0.2, 0.25) is 4.77 Å². The van der Waals surface area contributed by atoms with Crippen LogP contribution in [0.2, 0.25) is 0 Å². The van der Waals surface area contributed by atoms with Crippen LogP contribution in [0.5, 0.6) is 0 Å². The monoisotopic (exact) mass is 182 g/mol. The van der Waals surface area contributed by atoms with Crippen LogP contribution in [-0.2, 0) is 0 Å². The van der Waals surface area contributed by atoms with Crippen molar-refractivity contribution < 1.29 is 0 Å². The predicted molar refractivity (Wildman–Crippen MR) is 52.2 cm³/mol. The van der Waals surface area contributed by atoms with Gasteiger partial charge in [0.1, 0.15) is 0 Å². The summed E-state index contributed by atoms with van der Waals surface area (Å²) in [6.45, 7) is 3.74. The SMILES string of the molecule is C/C=C\n1[nH]c(=S)nc1/N=C\C. The lowest BCUT2D eigenvalue weighted by atomic mass is 10.7. The molecular weight excluding hydrogens is 172 g/mol. The van der Waals surface area contributed by atoms with Crippen molar-refractivity contribution in [1.82, 2.24) is 14.8 Å². The Hall–Kier alpha value is -1.23. The van der Waals surface area contributed by atoms with E-state index in [4.69, 9.17) is 12.2 Å². The van der Waals surface area contributed by atoms with E-state index in [9.17, 15) is 0 Å². The Balaban J connectivity index is 3.16. The van der Waals surface area contributed by atoms with Crippen LogP contribution in [0.1, 0.15) is 13.8 Å². The molecule has 1 aromatic rings. The third kappa shape index (κ3) is 1.88. The first-order valence-electron chi connectivity index (χ1n) is 3.58. The number of aromatic nitrogens is 3. The molecular formula is C7H10N4S. The number of rotatable bonds is 2. The lowest BCUT2D eigenvalue weighted by molar-refractivity contribution is 0.925. The Morgan fingerprint density at radius 3 is 2.92 bits per heavy atom. The van der Waals surface area contributed by atoms with Crippen LogP contribution < -0.4 is 0 Å². The minimum absolute atomic E-state index is 0.439. The maximum absolute atomic E-state index is 4.85. The summed E-state index contributed by atoms with van der Waals surface area (Å²) in [6.07, 6.45) is 5.36.